The zero-order valence-corrected chi connectivity index (χ0v) is 20.2. The van der Waals surface area contributed by atoms with E-state index in [1.807, 2.05) is 30.3 Å². The lowest BCUT2D eigenvalue weighted by atomic mass is 10.1. The molecule has 3 aromatic rings. The van der Waals surface area contributed by atoms with E-state index in [-0.39, 0.29) is 18.2 Å². The average molecular weight is 495 g/mol. The van der Waals surface area contributed by atoms with Gasteiger partial charge in [-0.2, -0.15) is 0 Å². The molecule has 1 aromatic heterocycles. The van der Waals surface area contributed by atoms with Gasteiger partial charge in [-0.25, -0.2) is 9.79 Å². The molecule has 1 aliphatic heterocycles. The Hall–Kier alpha value is -3.69. The molecule has 4 rings (SSSR count). The minimum atomic E-state index is -0.553. The first kappa shape index (κ1) is 23.5. The molecule has 2 heterocycles. The molecule has 0 unspecified atom stereocenters. The number of hydrogen-bond acceptors (Lipinski definition) is 8. The summed E-state index contributed by atoms with van der Waals surface area (Å²) in [4.78, 5) is 17.8. The van der Waals surface area contributed by atoms with Crippen LogP contribution in [0.25, 0.3) is 12.2 Å². The summed E-state index contributed by atoms with van der Waals surface area (Å²) in [6, 6.07) is 11.1. The lowest BCUT2D eigenvalue weighted by molar-refractivity contribution is -0.140. The van der Waals surface area contributed by atoms with E-state index in [9.17, 15) is 9.90 Å². The molecule has 0 fully saturated rings. The van der Waals surface area contributed by atoms with Gasteiger partial charge in [-0.1, -0.05) is 36.4 Å². The third-order valence-electron chi connectivity index (χ3n) is 5.16. The Labute approximate surface area is 205 Å². The lowest BCUT2D eigenvalue weighted by Crippen LogP contribution is -2.29. The van der Waals surface area contributed by atoms with Crippen molar-refractivity contribution in [3.8, 4) is 17.4 Å². The van der Waals surface area contributed by atoms with Crippen LogP contribution in [0.5, 0.6) is 17.4 Å². The number of nitrogens with zero attached hydrogens (tertiary/aromatic N) is 2. The number of thiazole rings is 1. The Bertz CT molecular complexity index is 1470. The topological polar surface area (TPSA) is 82.3 Å². The second-order valence-electron chi connectivity index (χ2n) is 7.26. The first-order valence-electron chi connectivity index (χ1n) is 10.3. The maximum atomic E-state index is 12.8. The second-order valence-corrected chi connectivity index (χ2v) is 8.94. The maximum Gasteiger partial charge on any atom is 0.357 e. The van der Waals surface area contributed by atoms with Crippen molar-refractivity contribution in [3.63, 3.8) is 0 Å². The number of carbonyl (C=O) groups is 1. The number of benzene rings is 2. The fourth-order valence-corrected chi connectivity index (χ4v) is 4.78. The van der Waals surface area contributed by atoms with Crippen LogP contribution >= 0.6 is 23.6 Å². The smallest absolute Gasteiger partial charge is 0.357 e. The van der Waals surface area contributed by atoms with Crippen molar-refractivity contribution in [1.29, 1.82) is 0 Å². The molecule has 1 aliphatic rings. The third-order valence-corrected chi connectivity index (χ3v) is 6.54. The first-order chi connectivity index (χ1) is 16.5. The van der Waals surface area contributed by atoms with Crippen LogP contribution in [0.4, 0.5) is 0 Å². The molecule has 0 aliphatic carbocycles. The summed E-state index contributed by atoms with van der Waals surface area (Å²) in [5, 5.41) is 11.7. The van der Waals surface area contributed by atoms with Crippen molar-refractivity contribution in [1.82, 2.24) is 4.57 Å². The highest BCUT2D eigenvalue weighted by Gasteiger charge is 2.22. The van der Waals surface area contributed by atoms with Crippen LogP contribution in [0.1, 0.15) is 16.0 Å². The molecule has 34 heavy (non-hydrogen) atoms. The van der Waals surface area contributed by atoms with Gasteiger partial charge < -0.3 is 19.3 Å². The summed E-state index contributed by atoms with van der Waals surface area (Å²) in [5.74, 6) is 0.443. The Morgan fingerprint density at radius 1 is 1.24 bits per heavy atom. The van der Waals surface area contributed by atoms with E-state index < -0.39 is 5.97 Å². The highest BCUT2D eigenvalue weighted by molar-refractivity contribution is 7.73. The highest BCUT2D eigenvalue weighted by atomic mass is 32.1. The summed E-state index contributed by atoms with van der Waals surface area (Å²) >= 11 is 6.62. The van der Waals surface area contributed by atoms with E-state index in [1.54, 1.807) is 28.9 Å². The van der Waals surface area contributed by atoms with Crippen molar-refractivity contribution < 1.29 is 24.1 Å². The molecular weight excluding hydrogens is 472 g/mol. The summed E-state index contributed by atoms with van der Waals surface area (Å²) < 4.78 is 18.6. The van der Waals surface area contributed by atoms with Crippen molar-refractivity contribution in [2.24, 2.45) is 4.99 Å². The van der Waals surface area contributed by atoms with Gasteiger partial charge in [-0.3, -0.25) is 4.57 Å². The van der Waals surface area contributed by atoms with Crippen LogP contribution in [0.15, 0.2) is 59.7 Å². The number of hydrogen-bond donors (Lipinski definition) is 1. The first-order valence-corrected chi connectivity index (χ1v) is 11.5. The van der Waals surface area contributed by atoms with Crippen molar-refractivity contribution in [3.05, 3.63) is 85.3 Å². The van der Waals surface area contributed by atoms with Crippen LogP contribution in [0.3, 0.4) is 0 Å². The summed E-state index contributed by atoms with van der Waals surface area (Å²) in [5.41, 5.74) is 1.64. The molecule has 0 saturated carbocycles. The van der Waals surface area contributed by atoms with Crippen molar-refractivity contribution >= 4 is 41.7 Å². The predicted octanol–water partition coefficient (Wildman–Crippen LogP) is 3.73. The van der Waals surface area contributed by atoms with Crippen LogP contribution in [0, 0.1) is 3.95 Å². The minimum absolute atomic E-state index is 0.0231. The number of aromatic hydroxyl groups is 1. The number of methoxy groups -OCH3 is 2. The Morgan fingerprint density at radius 3 is 2.65 bits per heavy atom. The Balaban J connectivity index is 1.79. The molecule has 0 amide bonds. The Kier molecular flexibility index (Phi) is 6.95. The van der Waals surface area contributed by atoms with Gasteiger partial charge in [0.15, 0.2) is 3.95 Å². The highest BCUT2D eigenvalue weighted by Crippen LogP contribution is 2.28. The van der Waals surface area contributed by atoms with E-state index in [1.165, 1.54) is 25.6 Å². The maximum absolute atomic E-state index is 12.8. The number of fused-ring (bicyclic) bond motifs is 1. The summed E-state index contributed by atoms with van der Waals surface area (Å²) in [6.45, 7) is 4.22. The molecule has 0 spiro atoms. The zero-order chi connectivity index (χ0) is 24.2. The lowest BCUT2D eigenvalue weighted by Gasteiger charge is -2.08. The van der Waals surface area contributed by atoms with Crippen molar-refractivity contribution in [2.45, 2.75) is 13.2 Å². The number of allylic oxidation sites excluding steroid dienone is 1. The van der Waals surface area contributed by atoms with Gasteiger partial charge in [-0.15, -0.1) is 17.9 Å². The van der Waals surface area contributed by atoms with Crippen LogP contribution in [0.2, 0.25) is 0 Å². The van der Waals surface area contributed by atoms with Gasteiger partial charge in [-0.05, 0) is 29.9 Å². The summed E-state index contributed by atoms with van der Waals surface area (Å²) in [6.07, 6.45) is 5.02. The number of esters is 1. The van der Waals surface area contributed by atoms with Gasteiger partial charge in [0.25, 0.3) is 0 Å². The van der Waals surface area contributed by atoms with E-state index in [2.05, 4.69) is 11.6 Å². The van der Waals surface area contributed by atoms with Gasteiger partial charge in [0.2, 0.25) is 5.88 Å². The number of ether oxygens (including phenoxy) is 3. The predicted molar refractivity (Wildman–Crippen MR) is 133 cm³/mol. The standard InChI is InChI=1S/C25H22N2O5S2/c1-4-10-27-23(28)21(34-25(27)33)12-17-20(31-3)13-19(30-2)16-11-18(26-22(16)17)24(29)32-14-15-8-6-5-7-9-15/h4-9,11-13,28H,1,10,14H2,2-3H3. The van der Waals surface area contributed by atoms with Crippen LogP contribution in [-0.2, 0) is 22.7 Å². The number of rotatable bonds is 8. The molecule has 7 nitrogen and oxygen atoms in total. The monoisotopic (exact) mass is 494 g/mol. The number of aromatic nitrogens is 1. The molecular formula is C25H22N2O5S2. The van der Waals surface area contributed by atoms with E-state index in [0.717, 1.165) is 5.56 Å². The molecule has 2 aromatic carbocycles. The SMILES string of the molecule is C=CCn1c(O)c(C=c2c(OC)cc(OC)c3c2=NC(C(=O)OCc2ccccc2)=C3)sc1=S. The third kappa shape index (κ3) is 4.52. The fourth-order valence-electron chi connectivity index (χ4n) is 3.51. The average Bonchev–Trinajstić information content (AvgIpc) is 3.41. The number of carbonyl (C=O) groups excluding carboxylic acids is 1. The molecule has 0 radical (unpaired) electrons. The normalized spacial score (nSPS) is 12.5. The largest absolute Gasteiger partial charge is 0.496 e. The van der Waals surface area contributed by atoms with Crippen LogP contribution in [-0.4, -0.2) is 29.9 Å². The van der Waals surface area contributed by atoms with Gasteiger partial charge in [0.1, 0.15) is 23.8 Å². The van der Waals surface area contributed by atoms with Gasteiger partial charge in [0.05, 0.1) is 24.5 Å². The molecule has 0 atom stereocenters. The quantitative estimate of drug-likeness (QED) is 0.292. The van der Waals surface area contributed by atoms with Crippen molar-refractivity contribution in [2.75, 3.05) is 14.2 Å². The molecule has 0 saturated heterocycles. The Morgan fingerprint density at radius 2 is 1.97 bits per heavy atom. The summed E-state index contributed by atoms with van der Waals surface area (Å²) in [7, 11) is 3.06. The second kappa shape index (κ2) is 10.1. The molecule has 0 bridgehead atoms. The molecule has 9 heteroatoms. The van der Waals surface area contributed by atoms with Gasteiger partial charge >= 0.3 is 5.97 Å². The van der Waals surface area contributed by atoms with E-state index in [0.29, 0.717) is 43.0 Å². The fraction of sp³-hybridized carbons (Fsp3) is 0.160. The zero-order valence-electron chi connectivity index (χ0n) is 18.6. The minimum Gasteiger partial charge on any atom is -0.496 e. The molecule has 174 valence electrons. The van der Waals surface area contributed by atoms with E-state index >= 15 is 0 Å². The van der Waals surface area contributed by atoms with E-state index in [4.69, 9.17) is 26.4 Å². The van der Waals surface area contributed by atoms with Crippen LogP contribution < -0.4 is 20.0 Å². The van der Waals surface area contributed by atoms with Gasteiger partial charge in [0, 0.05) is 23.4 Å². The molecule has 1 N–H and O–H groups in total.